The van der Waals surface area contributed by atoms with Crippen LogP contribution in [-0.4, -0.2) is 16.1 Å². The zero-order chi connectivity index (χ0) is 14.7. The van der Waals surface area contributed by atoms with E-state index in [1.54, 1.807) is 6.20 Å². The van der Waals surface area contributed by atoms with Crippen LogP contribution in [0.2, 0.25) is 0 Å². The molecule has 4 nitrogen and oxygen atoms in total. The summed E-state index contributed by atoms with van der Waals surface area (Å²) >= 11 is 0. The third-order valence-electron chi connectivity index (χ3n) is 3.22. The Bertz CT molecular complexity index is 733. The van der Waals surface area contributed by atoms with Gasteiger partial charge in [0.25, 0.3) is 0 Å². The largest absolute Gasteiger partial charge is 0.473 e. The fraction of sp³-hybridized carbons (Fsp3) is 0.235. The molecule has 0 fully saturated rings. The minimum atomic E-state index is 0.108. The normalized spacial score (nSPS) is 11.0. The van der Waals surface area contributed by atoms with Crippen LogP contribution in [0.1, 0.15) is 19.4 Å². The Kier molecular flexibility index (Phi) is 3.77. The standard InChI is InChI=1S/C17H19N3O/c1-12(2)21-17-16(4-3-8-19-17)20-11-13-5-6-15-14(10-13)7-9-18-15/h3-10,12,18,20H,11H2,1-2H3. The quantitative estimate of drug-likeness (QED) is 0.744. The molecule has 0 spiro atoms. The molecule has 0 aliphatic heterocycles. The molecule has 0 amide bonds. The van der Waals surface area contributed by atoms with Crippen molar-refractivity contribution in [2.45, 2.75) is 26.5 Å². The molecule has 3 aromatic rings. The molecule has 3 rings (SSSR count). The topological polar surface area (TPSA) is 49.9 Å². The Morgan fingerprint density at radius 3 is 3.00 bits per heavy atom. The molecule has 0 saturated heterocycles. The summed E-state index contributed by atoms with van der Waals surface area (Å²) in [7, 11) is 0. The van der Waals surface area contributed by atoms with Crippen LogP contribution in [0, 0.1) is 0 Å². The van der Waals surface area contributed by atoms with Crippen LogP contribution in [0.3, 0.4) is 0 Å². The lowest BCUT2D eigenvalue weighted by Gasteiger charge is -2.14. The molecule has 0 radical (unpaired) electrons. The first-order valence-corrected chi connectivity index (χ1v) is 7.14. The average molecular weight is 281 g/mol. The van der Waals surface area contributed by atoms with Gasteiger partial charge in [-0.25, -0.2) is 4.98 Å². The minimum absolute atomic E-state index is 0.108. The zero-order valence-corrected chi connectivity index (χ0v) is 12.3. The lowest BCUT2D eigenvalue weighted by molar-refractivity contribution is 0.234. The van der Waals surface area contributed by atoms with Gasteiger partial charge in [-0.15, -0.1) is 0 Å². The minimum Gasteiger partial charge on any atom is -0.473 e. The van der Waals surface area contributed by atoms with E-state index in [4.69, 9.17) is 4.74 Å². The van der Waals surface area contributed by atoms with Gasteiger partial charge in [-0.05, 0) is 55.1 Å². The molecule has 2 aromatic heterocycles. The van der Waals surface area contributed by atoms with E-state index in [1.165, 1.54) is 10.9 Å². The van der Waals surface area contributed by atoms with Crippen LogP contribution in [0.25, 0.3) is 10.9 Å². The van der Waals surface area contributed by atoms with Crippen LogP contribution in [0.5, 0.6) is 5.88 Å². The molecule has 0 bridgehead atoms. The maximum absolute atomic E-state index is 5.71. The Hall–Kier alpha value is -2.49. The van der Waals surface area contributed by atoms with E-state index in [-0.39, 0.29) is 6.10 Å². The van der Waals surface area contributed by atoms with Crippen LogP contribution in [-0.2, 0) is 6.54 Å². The summed E-state index contributed by atoms with van der Waals surface area (Å²) in [6.45, 7) is 4.73. The van der Waals surface area contributed by atoms with Gasteiger partial charge in [0.15, 0.2) is 0 Å². The van der Waals surface area contributed by atoms with Crippen LogP contribution < -0.4 is 10.1 Å². The van der Waals surface area contributed by atoms with Gasteiger partial charge < -0.3 is 15.0 Å². The van der Waals surface area contributed by atoms with Gasteiger partial charge in [-0.2, -0.15) is 0 Å². The zero-order valence-electron chi connectivity index (χ0n) is 12.3. The third kappa shape index (κ3) is 3.16. The highest BCUT2D eigenvalue weighted by Gasteiger charge is 2.06. The molecule has 0 saturated carbocycles. The Morgan fingerprint density at radius 2 is 2.14 bits per heavy atom. The first kappa shape index (κ1) is 13.5. The predicted molar refractivity (Wildman–Crippen MR) is 85.6 cm³/mol. The summed E-state index contributed by atoms with van der Waals surface area (Å²) in [5.74, 6) is 0.648. The highest BCUT2D eigenvalue weighted by Crippen LogP contribution is 2.23. The summed E-state index contributed by atoms with van der Waals surface area (Å²) in [4.78, 5) is 7.48. The number of hydrogen-bond donors (Lipinski definition) is 2. The first-order valence-electron chi connectivity index (χ1n) is 7.14. The fourth-order valence-electron chi connectivity index (χ4n) is 2.25. The highest BCUT2D eigenvalue weighted by molar-refractivity contribution is 5.80. The summed E-state index contributed by atoms with van der Waals surface area (Å²) in [6, 6.07) is 12.4. The number of pyridine rings is 1. The van der Waals surface area contributed by atoms with Crippen molar-refractivity contribution >= 4 is 16.6 Å². The predicted octanol–water partition coefficient (Wildman–Crippen LogP) is 3.96. The number of rotatable bonds is 5. The van der Waals surface area contributed by atoms with Gasteiger partial charge >= 0.3 is 0 Å². The molecule has 21 heavy (non-hydrogen) atoms. The smallest absolute Gasteiger partial charge is 0.237 e. The van der Waals surface area contributed by atoms with Crippen LogP contribution in [0.4, 0.5) is 5.69 Å². The number of anilines is 1. The Labute approximate surface area is 124 Å². The molecule has 2 heterocycles. The van der Waals surface area contributed by atoms with E-state index in [9.17, 15) is 0 Å². The molecule has 108 valence electrons. The van der Waals surface area contributed by atoms with Gasteiger partial charge in [-0.1, -0.05) is 6.07 Å². The van der Waals surface area contributed by atoms with Crippen molar-refractivity contribution in [3.8, 4) is 5.88 Å². The van der Waals surface area contributed by atoms with Crippen molar-refractivity contribution in [1.82, 2.24) is 9.97 Å². The molecular formula is C17H19N3O. The summed E-state index contributed by atoms with van der Waals surface area (Å²) in [5.41, 5.74) is 3.30. The number of benzene rings is 1. The number of nitrogens with zero attached hydrogens (tertiary/aromatic N) is 1. The van der Waals surface area contributed by atoms with E-state index < -0.39 is 0 Å². The van der Waals surface area contributed by atoms with Gasteiger partial charge in [0.2, 0.25) is 5.88 Å². The van der Waals surface area contributed by atoms with Gasteiger partial charge in [0.05, 0.1) is 11.8 Å². The molecular weight excluding hydrogens is 262 g/mol. The van der Waals surface area contributed by atoms with E-state index in [0.717, 1.165) is 17.7 Å². The monoisotopic (exact) mass is 281 g/mol. The summed E-state index contributed by atoms with van der Waals surface area (Å²) in [6.07, 6.45) is 3.81. The molecule has 2 N–H and O–H groups in total. The maximum Gasteiger partial charge on any atom is 0.237 e. The highest BCUT2D eigenvalue weighted by atomic mass is 16.5. The Morgan fingerprint density at radius 1 is 1.24 bits per heavy atom. The number of aromatic amines is 1. The molecule has 1 aromatic carbocycles. The first-order chi connectivity index (χ1) is 10.2. The van der Waals surface area contributed by atoms with Crippen LogP contribution in [0.15, 0.2) is 48.8 Å². The Balaban J connectivity index is 1.74. The number of ether oxygens (including phenoxy) is 1. The van der Waals surface area contributed by atoms with Crippen molar-refractivity contribution in [2.75, 3.05) is 5.32 Å². The van der Waals surface area contributed by atoms with Crippen molar-refractivity contribution in [2.24, 2.45) is 0 Å². The van der Waals surface area contributed by atoms with E-state index >= 15 is 0 Å². The second-order valence-corrected chi connectivity index (χ2v) is 5.28. The van der Waals surface area contributed by atoms with Crippen molar-refractivity contribution < 1.29 is 4.74 Å². The van der Waals surface area contributed by atoms with Crippen molar-refractivity contribution in [1.29, 1.82) is 0 Å². The molecule has 0 unspecified atom stereocenters. The average Bonchev–Trinajstić information content (AvgIpc) is 2.93. The van der Waals surface area contributed by atoms with Crippen LogP contribution >= 0.6 is 0 Å². The lowest BCUT2D eigenvalue weighted by atomic mass is 10.1. The summed E-state index contributed by atoms with van der Waals surface area (Å²) in [5, 5.41) is 4.62. The van der Waals surface area contributed by atoms with E-state index in [0.29, 0.717) is 5.88 Å². The third-order valence-corrected chi connectivity index (χ3v) is 3.22. The summed E-state index contributed by atoms with van der Waals surface area (Å²) < 4.78 is 5.71. The molecule has 0 aliphatic carbocycles. The fourth-order valence-corrected chi connectivity index (χ4v) is 2.25. The molecule has 0 atom stereocenters. The van der Waals surface area contributed by atoms with Gasteiger partial charge in [0.1, 0.15) is 0 Å². The number of H-pyrrole nitrogens is 1. The number of hydrogen-bond acceptors (Lipinski definition) is 3. The van der Waals surface area contributed by atoms with Gasteiger partial charge in [-0.3, -0.25) is 0 Å². The van der Waals surface area contributed by atoms with Crippen molar-refractivity contribution in [3.05, 3.63) is 54.4 Å². The lowest BCUT2D eigenvalue weighted by Crippen LogP contribution is -2.10. The van der Waals surface area contributed by atoms with Gasteiger partial charge in [0, 0.05) is 24.5 Å². The van der Waals surface area contributed by atoms with Crippen molar-refractivity contribution in [3.63, 3.8) is 0 Å². The second-order valence-electron chi connectivity index (χ2n) is 5.28. The van der Waals surface area contributed by atoms with E-state index in [2.05, 4.69) is 39.6 Å². The van der Waals surface area contributed by atoms with E-state index in [1.807, 2.05) is 32.2 Å². The molecule has 0 aliphatic rings. The molecule has 4 heteroatoms. The maximum atomic E-state index is 5.71. The number of aromatic nitrogens is 2. The number of fused-ring (bicyclic) bond motifs is 1. The number of nitrogens with one attached hydrogen (secondary N) is 2. The second kappa shape index (κ2) is 5.87. The SMILES string of the molecule is CC(C)Oc1ncccc1NCc1ccc2[nH]ccc2c1.